The molecule has 154 valence electrons. The standard InChI is InChI=1S/C23H25ClN6/c1-16(2-3-18-12-20(24)4-5-21(18)26)30-14-19(15-30)22-23(28-9-8-27-22)29-10-6-17(13-25)7-11-29/h2-5,8-9,12,17,19H,1,6-7,10-11,14-15,26H2/b3-2-. The monoisotopic (exact) mass is 420 g/mol. The summed E-state index contributed by atoms with van der Waals surface area (Å²) in [6.07, 6.45) is 9.21. The molecule has 6 nitrogen and oxygen atoms in total. The van der Waals surface area contributed by atoms with Crippen molar-refractivity contribution in [2.45, 2.75) is 18.8 Å². The molecule has 1 aromatic carbocycles. The number of nitrogens with zero attached hydrogens (tertiary/aromatic N) is 5. The number of piperidine rings is 1. The molecule has 3 heterocycles. The van der Waals surface area contributed by atoms with E-state index in [9.17, 15) is 0 Å². The highest BCUT2D eigenvalue weighted by Gasteiger charge is 2.33. The van der Waals surface area contributed by atoms with Crippen molar-refractivity contribution >= 4 is 29.2 Å². The predicted molar refractivity (Wildman–Crippen MR) is 121 cm³/mol. The van der Waals surface area contributed by atoms with Crippen LogP contribution in [-0.2, 0) is 0 Å². The molecule has 0 atom stereocenters. The fraction of sp³-hybridized carbons (Fsp3) is 0.348. The van der Waals surface area contributed by atoms with Crippen LogP contribution in [0.25, 0.3) is 6.08 Å². The first-order valence-electron chi connectivity index (χ1n) is 10.2. The van der Waals surface area contributed by atoms with Crippen LogP contribution in [0.2, 0.25) is 5.02 Å². The third kappa shape index (κ3) is 4.27. The fourth-order valence-electron chi connectivity index (χ4n) is 3.96. The first-order chi connectivity index (χ1) is 14.5. The van der Waals surface area contributed by atoms with Crippen molar-refractivity contribution in [3.63, 3.8) is 0 Å². The summed E-state index contributed by atoms with van der Waals surface area (Å²) in [6, 6.07) is 7.82. The van der Waals surface area contributed by atoms with E-state index in [2.05, 4.69) is 32.4 Å². The summed E-state index contributed by atoms with van der Waals surface area (Å²) < 4.78 is 0. The molecule has 2 aliphatic heterocycles. The van der Waals surface area contributed by atoms with E-state index in [1.54, 1.807) is 24.5 Å². The average molecular weight is 421 g/mol. The maximum Gasteiger partial charge on any atom is 0.150 e. The fourth-order valence-corrected chi connectivity index (χ4v) is 4.14. The van der Waals surface area contributed by atoms with Crippen molar-refractivity contribution in [2.75, 3.05) is 36.8 Å². The molecule has 0 radical (unpaired) electrons. The Kier molecular flexibility index (Phi) is 5.91. The van der Waals surface area contributed by atoms with Gasteiger partial charge >= 0.3 is 0 Å². The third-order valence-corrected chi connectivity index (χ3v) is 6.10. The molecule has 2 saturated heterocycles. The van der Waals surface area contributed by atoms with E-state index in [-0.39, 0.29) is 5.92 Å². The van der Waals surface area contributed by atoms with Gasteiger partial charge in [0.05, 0.1) is 11.8 Å². The predicted octanol–water partition coefficient (Wildman–Crippen LogP) is 4.08. The molecule has 2 N–H and O–H groups in total. The van der Waals surface area contributed by atoms with Crippen molar-refractivity contribution in [1.29, 1.82) is 5.26 Å². The minimum atomic E-state index is 0.157. The van der Waals surface area contributed by atoms with Gasteiger partial charge in [0, 0.05) is 66.8 Å². The second kappa shape index (κ2) is 8.76. The number of anilines is 2. The normalized spacial score (nSPS) is 17.7. The molecule has 0 bridgehead atoms. The molecule has 0 aliphatic carbocycles. The zero-order chi connectivity index (χ0) is 21.1. The number of rotatable bonds is 5. The first-order valence-corrected chi connectivity index (χ1v) is 10.6. The summed E-state index contributed by atoms with van der Waals surface area (Å²) in [6.45, 7) is 7.62. The van der Waals surface area contributed by atoms with Crippen LogP contribution < -0.4 is 10.6 Å². The number of nitrogen functional groups attached to an aromatic ring is 1. The molecule has 0 spiro atoms. The number of nitrogens with two attached hydrogens (primary N) is 1. The van der Waals surface area contributed by atoms with Gasteiger partial charge < -0.3 is 15.5 Å². The second-order valence-electron chi connectivity index (χ2n) is 7.86. The summed E-state index contributed by atoms with van der Waals surface area (Å²) in [5.41, 5.74) is 9.56. The minimum absolute atomic E-state index is 0.157. The van der Waals surface area contributed by atoms with Gasteiger partial charge in [-0.2, -0.15) is 5.26 Å². The highest BCUT2D eigenvalue weighted by atomic mass is 35.5. The van der Waals surface area contributed by atoms with Crippen LogP contribution in [0.5, 0.6) is 0 Å². The Morgan fingerprint density at radius 3 is 2.70 bits per heavy atom. The Morgan fingerprint density at radius 2 is 1.97 bits per heavy atom. The minimum Gasteiger partial charge on any atom is -0.398 e. The zero-order valence-corrected chi connectivity index (χ0v) is 17.6. The lowest BCUT2D eigenvalue weighted by molar-refractivity contribution is 0.203. The molecule has 0 unspecified atom stereocenters. The Labute approximate surface area is 182 Å². The Bertz CT molecular complexity index is 997. The van der Waals surface area contributed by atoms with Crippen LogP contribution in [-0.4, -0.2) is 41.0 Å². The molecule has 2 fully saturated rings. The maximum absolute atomic E-state index is 9.13. The largest absolute Gasteiger partial charge is 0.398 e. The second-order valence-corrected chi connectivity index (χ2v) is 8.29. The lowest BCUT2D eigenvalue weighted by Crippen LogP contribution is -2.45. The van der Waals surface area contributed by atoms with Crippen molar-refractivity contribution < 1.29 is 0 Å². The van der Waals surface area contributed by atoms with Crippen LogP contribution in [0.4, 0.5) is 11.5 Å². The van der Waals surface area contributed by atoms with Crippen LogP contribution in [0.3, 0.4) is 0 Å². The van der Waals surface area contributed by atoms with Gasteiger partial charge in [0.2, 0.25) is 0 Å². The molecular formula is C23H25ClN6. The van der Waals surface area contributed by atoms with Crippen molar-refractivity contribution in [1.82, 2.24) is 14.9 Å². The number of halogens is 1. The van der Waals surface area contributed by atoms with Crippen LogP contribution >= 0.6 is 11.6 Å². The van der Waals surface area contributed by atoms with E-state index in [1.165, 1.54) is 0 Å². The molecule has 30 heavy (non-hydrogen) atoms. The number of hydrogen-bond acceptors (Lipinski definition) is 6. The summed E-state index contributed by atoms with van der Waals surface area (Å²) >= 11 is 6.06. The molecule has 0 amide bonds. The number of aromatic nitrogens is 2. The maximum atomic E-state index is 9.13. The lowest BCUT2D eigenvalue weighted by Gasteiger charge is -2.42. The summed E-state index contributed by atoms with van der Waals surface area (Å²) in [7, 11) is 0. The van der Waals surface area contributed by atoms with Gasteiger partial charge in [0.25, 0.3) is 0 Å². The third-order valence-electron chi connectivity index (χ3n) is 5.86. The van der Waals surface area contributed by atoms with E-state index < -0.39 is 0 Å². The Balaban J connectivity index is 1.39. The SMILES string of the molecule is C=C(/C=C\c1cc(Cl)ccc1N)N1CC(c2nccnc2N2CCC(C#N)CC2)C1. The molecule has 2 aliphatic rings. The molecule has 4 rings (SSSR count). The zero-order valence-electron chi connectivity index (χ0n) is 16.8. The van der Waals surface area contributed by atoms with E-state index in [4.69, 9.17) is 22.6 Å². The van der Waals surface area contributed by atoms with Crippen molar-refractivity contribution in [3.05, 3.63) is 65.2 Å². The summed E-state index contributed by atoms with van der Waals surface area (Å²) in [5, 5.41) is 9.79. The summed E-state index contributed by atoms with van der Waals surface area (Å²) in [4.78, 5) is 13.8. The topological polar surface area (TPSA) is 82.1 Å². The number of benzene rings is 1. The van der Waals surface area contributed by atoms with Crippen molar-refractivity contribution in [3.8, 4) is 6.07 Å². The number of hydrogen-bond donors (Lipinski definition) is 1. The van der Waals surface area contributed by atoms with Gasteiger partial charge in [-0.1, -0.05) is 24.3 Å². The van der Waals surface area contributed by atoms with E-state index in [0.717, 1.165) is 61.8 Å². The van der Waals surface area contributed by atoms with Gasteiger partial charge in [0.15, 0.2) is 5.82 Å². The highest BCUT2D eigenvalue weighted by Crippen LogP contribution is 2.34. The van der Waals surface area contributed by atoms with E-state index >= 15 is 0 Å². The van der Waals surface area contributed by atoms with Crippen LogP contribution in [0.1, 0.15) is 30.0 Å². The highest BCUT2D eigenvalue weighted by molar-refractivity contribution is 6.30. The Hall–Kier alpha value is -3.04. The van der Waals surface area contributed by atoms with Crippen molar-refractivity contribution in [2.24, 2.45) is 5.92 Å². The van der Waals surface area contributed by atoms with Gasteiger partial charge in [-0.05, 0) is 42.7 Å². The average Bonchev–Trinajstić information content (AvgIpc) is 2.74. The quantitative estimate of drug-likeness (QED) is 0.579. The molecular weight excluding hydrogens is 396 g/mol. The summed E-state index contributed by atoms with van der Waals surface area (Å²) in [5.74, 6) is 1.44. The number of allylic oxidation sites excluding steroid dienone is 1. The smallest absolute Gasteiger partial charge is 0.150 e. The molecule has 0 saturated carbocycles. The van der Waals surface area contributed by atoms with Crippen LogP contribution in [0.15, 0.2) is 48.9 Å². The Morgan fingerprint density at radius 1 is 1.23 bits per heavy atom. The van der Waals surface area contributed by atoms with E-state index in [0.29, 0.717) is 16.6 Å². The van der Waals surface area contributed by atoms with Gasteiger partial charge in [-0.25, -0.2) is 4.98 Å². The van der Waals surface area contributed by atoms with E-state index in [1.807, 2.05) is 18.2 Å². The van der Waals surface area contributed by atoms with Gasteiger partial charge in [-0.15, -0.1) is 0 Å². The molecule has 2 aromatic rings. The van der Waals surface area contributed by atoms with Crippen LogP contribution in [0, 0.1) is 17.2 Å². The number of likely N-dealkylation sites (tertiary alicyclic amines) is 1. The molecule has 1 aromatic heterocycles. The first kappa shape index (κ1) is 20.2. The number of nitriles is 1. The van der Waals surface area contributed by atoms with Gasteiger partial charge in [0.1, 0.15) is 0 Å². The molecule has 7 heteroatoms. The lowest BCUT2D eigenvalue weighted by atomic mass is 9.93. The van der Waals surface area contributed by atoms with Gasteiger partial charge in [-0.3, -0.25) is 4.98 Å².